The number of hydrogen-bond acceptors (Lipinski definition) is 4. The third-order valence-corrected chi connectivity index (χ3v) is 7.60. The van der Waals surface area contributed by atoms with Crippen molar-refractivity contribution in [2.24, 2.45) is 16.9 Å². The zero-order valence-corrected chi connectivity index (χ0v) is 14.9. The molecule has 0 radical (unpaired) electrons. The highest BCUT2D eigenvalue weighted by molar-refractivity contribution is 7.92. The zero-order chi connectivity index (χ0) is 17.5. The summed E-state index contributed by atoms with van der Waals surface area (Å²) in [6.07, 6.45) is 0. The van der Waals surface area contributed by atoms with Crippen LogP contribution in [0.2, 0.25) is 0 Å². The molecule has 24 heavy (non-hydrogen) atoms. The summed E-state index contributed by atoms with van der Waals surface area (Å²) >= 11 is 0. The van der Waals surface area contributed by atoms with E-state index in [9.17, 15) is 8.42 Å². The van der Waals surface area contributed by atoms with Crippen LogP contribution >= 0.6 is 0 Å². The molecule has 128 valence electrons. The molecule has 1 saturated carbocycles. The minimum absolute atomic E-state index is 0.153. The van der Waals surface area contributed by atoms with Crippen LogP contribution in [0.1, 0.15) is 22.6 Å². The monoisotopic (exact) mass is 344 g/mol. The smallest absolute Gasteiger partial charge is 0.182 e. The van der Waals surface area contributed by atoms with Crippen molar-refractivity contribution >= 4 is 9.84 Å². The van der Waals surface area contributed by atoms with Crippen molar-refractivity contribution in [3.8, 4) is 0 Å². The lowest BCUT2D eigenvalue weighted by Crippen LogP contribution is -2.31. The van der Waals surface area contributed by atoms with Crippen molar-refractivity contribution < 1.29 is 8.42 Å². The fourth-order valence-electron chi connectivity index (χ4n) is 3.67. The molecule has 0 aromatic heterocycles. The van der Waals surface area contributed by atoms with Gasteiger partial charge in [0, 0.05) is 24.4 Å². The molecule has 0 spiro atoms. The van der Waals surface area contributed by atoms with Crippen molar-refractivity contribution in [3.05, 3.63) is 65.2 Å². The van der Waals surface area contributed by atoms with E-state index in [0.29, 0.717) is 4.90 Å². The molecule has 5 heteroatoms. The van der Waals surface area contributed by atoms with Gasteiger partial charge in [0.2, 0.25) is 0 Å². The van der Waals surface area contributed by atoms with Crippen LogP contribution in [-0.4, -0.2) is 26.8 Å². The molecular weight excluding hydrogens is 320 g/mol. The lowest BCUT2D eigenvalue weighted by molar-refractivity contribution is 0.510. The first kappa shape index (κ1) is 17.1. The Morgan fingerprint density at radius 1 is 0.875 bits per heavy atom. The summed E-state index contributed by atoms with van der Waals surface area (Å²) in [4.78, 5) is 0.346. The fourth-order valence-corrected chi connectivity index (χ4v) is 6.14. The molecule has 4 N–H and O–H groups in total. The van der Waals surface area contributed by atoms with E-state index in [4.69, 9.17) is 11.5 Å². The van der Waals surface area contributed by atoms with E-state index in [1.807, 2.05) is 50.2 Å². The van der Waals surface area contributed by atoms with Crippen LogP contribution in [0.25, 0.3) is 0 Å². The van der Waals surface area contributed by atoms with Gasteiger partial charge in [0.15, 0.2) is 9.84 Å². The first-order valence-corrected chi connectivity index (χ1v) is 9.69. The van der Waals surface area contributed by atoms with E-state index in [0.717, 1.165) is 16.7 Å². The van der Waals surface area contributed by atoms with Crippen molar-refractivity contribution in [2.75, 3.05) is 13.1 Å². The lowest BCUT2D eigenvalue weighted by atomic mass is 9.99. The number of aryl methyl sites for hydroxylation is 2. The summed E-state index contributed by atoms with van der Waals surface area (Å²) in [5.74, 6) is -0.153. The second-order valence-electron chi connectivity index (χ2n) is 6.81. The number of nitrogens with two attached hydrogens (primary N) is 2. The molecule has 3 rings (SSSR count). The normalized spacial score (nSPS) is 22.3. The van der Waals surface area contributed by atoms with Crippen LogP contribution in [0.3, 0.4) is 0 Å². The Hall–Kier alpha value is -1.69. The molecule has 0 amide bonds. The van der Waals surface area contributed by atoms with Crippen LogP contribution in [0.4, 0.5) is 0 Å². The molecule has 4 nitrogen and oxygen atoms in total. The molecule has 1 aliphatic carbocycles. The summed E-state index contributed by atoms with van der Waals surface area (Å²) < 4.78 is 26.4. The summed E-state index contributed by atoms with van der Waals surface area (Å²) in [5, 5.41) is -0.564. The average Bonchev–Trinajstić information content (AvgIpc) is 3.26. The number of sulfone groups is 1. The number of benzene rings is 2. The highest BCUT2D eigenvalue weighted by Crippen LogP contribution is 2.62. The summed E-state index contributed by atoms with van der Waals surface area (Å²) in [5.41, 5.74) is 14.5. The second-order valence-corrected chi connectivity index (χ2v) is 8.88. The van der Waals surface area contributed by atoms with Gasteiger partial charge in [-0.2, -0.15) is 0 Å². The zero-order valence-electron chi connectivity index (χ0n) is 14.1. The Balaban J connectivity index is 2.04. The Bertz CT molecular complexity index is 823. The predicted octanol–water partition coefficient (Wildman–Crippen LogP) is 2.15. The molecule has 0 unspecified atom stereocenters. The van der Waals surface area contributed by atoms with Crippen LogP contribution < -0.4 is 11.5 Å². The van der Waals surface area contributed by atoms with Gasteiger partial charge in [-0.1, -0.05) is 47.5 Å². The minimum Gasteiger partial charge on any atom is -0.330 e. The van der Waals surface area contributed by atoms with Crippen molar-refractivity contribution in [1.29, 1.82) is 0 Å². The van der Waals surface area contributed by atoms with Crippen molar-refractivity contribution in [2.45, 2.75) is 29.9 Å². The van der Waals surface area contributed by atoms with E-state index >= 15 is 0 Å². The molecule has 0 bridgehead atoms. The van der Waals surface area contributed by atoms with Gasteiger partial charge in [0.1, 0.15) is 0 Å². The quantitative estimate of drug-likeness (QED) is 0.870. The highest BCUT2D eigenvalue weighted by atomic mass is 32.2. The van der Waals surface area contributed by atoms with Crippen molar-refractivity contribution in [3.63, 3.8) is 0 Å². The first-order chi connectivity index (χ1) is 11.4. The average molecular weight is 344 g/mol. The SMILES string of the molecule is Cc1ccc([C@@H]2[C@H](S(=O)(=O)c3ccc(C)cc3)C2(CN)CN)cc1. The van der Waals surface area contributed by atoms with Gasteiger partial charge in [-0.3, -0.25) is 0 Å². The predicted molar refractivity (Wildman–Crippen MR) is 96.6 cm³/mol. The molecule has 1 aliphatic rings. The number of hydrogen-bond donors (Lipinski definition) is 2. The van der Waals surface area contributed by atoms with Gasteiger partial charge in [-0.05, 0) is 31.5 Å². The molecule has 2 aromatic rings. The van der Waals surface area contributed by atoms with E-state index in [1.54, 1.807) is 12.1 Å². The van der Waals surface area contributed by atoms with E-state index < -0.39 is 20.5 Å². The van der Waals surface area contributed by atoms with Gasteiger partial charge in [-0.15, -0.1) is 0 Å². The van der Waals surface area contributed by atoms with Crippen LogP contribution in [0.15, 0.2) is 53.4 Å². The summed E-state index contributed by atoms with van der Waals surface area (Å²) in [7, 11) is -3.48. The maximum atomic E-state index is 13.2. The van der Waals surface area contributed by atoms with E-state index in [-0.39, 0.29) is 19.0 Å². The maximum absolute atomic E-state index is 13.2. The lowest BCUT2D eigenvalue weighted by Gasteiger charge is -2.13. The Labute approximate surface area is 143 Å². The van der Waals surface area contributed by atoms with Gasteiger partial charge < -0.3 is 11.5 Å². The largest absolute Gasteiger partial charge is 0.330 e. The summed E-state index contributed by atoms with van der Waals surface area (Å²) in [6, 6.07) is 15.0. The topological polar surface area (TPSA) is 86.2 Å². The maximum Gasteiger partial charge on any atom is 0.182 e. The minimum atomic E-state index is -3.48. The fraction of sp³-hybridized carbons (Fsp3) is 0.368. The third kappa shape index (κ3) is 2.57. The van der Waals surface area contributed by atoms with Gasteiger partial charge in [0.25, 0.3) is 0 Å². The third-order valence-electron chi connectivity index (χ3n) is 5.26. The molecule has 2 atom stereocenters. The van der Waals surface area contributed by atoms with Gasteiger partial charge in [0.05, 0.1) is 10.1 Å². The summed E-state index contributed by atoms with van der Waals surface area (Å²) in [6.45, 7) is 4.47. The standard InChI is InChI=1S/C19H24N2O2S/c1-13-3-7-15(8-4-13)17-18(19(17,11-20)12-21)24(22,23)16-9-5-14(2)6-10-16/h3-10,17-18H,11-12,20-21H2,1-2H3/t17-,18+/m1/s1. The molecule has 0 heterocycles. The Kier molecular flexibility index (Phi) is 4.28. The molecular formula is C19H24N2O2S. The van der Waals surface area contributed by atoms with Crippen LogP contribution in [-0.2, 0) is 9.84 Å². The van der Waals surface area contributed by atoms with E-state index in [2.05, 4.69) is 0 Å². The first-order valence-electron chi connectivity index (χ1n) is 8.14. The second kappa shape index (κ2) is 5.99. The van der Waals surface area contributed by atoms with Gasteiger partial charge in [-0.25, -0.2) is 8.42 Å². The Morgan fingerprint density at radius 2 is 1.33 bits per heavy atom. The molecule has 1 fully saturated rings. The molecule has 0 aliphatic heterocycles. The molecule has 0 saturated heterocycles. The molecule has 2 aromatic carbocycles. The van der Waals surface area contributed by atoms with Crippen molar-refractivity contribution in [1.82, 2.24) is 0 Å². The van der Waals surface area contributed by atoms with E-state index in [1.165, 1.54) is 0 Å². The highest BCUT2D eigenvalue weighted by Gasteiger charge is 2.69. The number of rotatable bonds is 5. The van der Waals surface area contributed by atoms with Gasteiger partial charge >= 0.3 is 0 Å². The van der Waals surface area contributed by atoms with Crippen LogP contribution in [0.5, 0.6) is 0 Å². The Morgan fingerprint density at radius 3 is 1.79 bits per heavy atom. The van der Waals surface area contributed by atoms with Crippen LogP contribution in [0, 0.1) is 19.3 Å².